The summed E-state index contributed by atoms with van der Waals surface area (Å²) in [7, 11) is 1.53. The first-order valence-electron chi connectivity index (χ1n) is 7.76. The van der Waals surface area contributed by atoms with Crippen LogP contribution in [0.4, 0.5) is 13.2 Å². The van der Waals surface area contributed by atoms with Crippen molar-refractivity contribution in [3.8, 4) is 11.8 Å². The molecule has 1 unspecified atom stereocenters. The van der Waals surface area contributed by atoms with Gasteiger partial charge in [0.05, 0.1) is 23.8 Å². The molecule has 0 spiro atoms. The van der Waals surface area contributed by atoms with Gasteiger partial charge in [0.25, 0.3) is 0 Å². The molecule has 3 nitrogen and oxygen atoms in total. The predicted octanol–water partition coefficient (Wildman–Crippen LogP) is 5.20. The van der Waals surface area contributed by atoms with Crippen LogP contribution in [0, 0.1) is 11.3 Å². The summed E-state index contributed by atoms with van der Waals surface area (Å²) < 4.78 is 44.8. The highest BCUT2D eigenvalue weighted by atomic mass is 35.5. The summed E-state index contributed by atoms with van der Waals surface area (Å²) >= 11 is 5.97. The Morgan fingerprint density at radius 1 is 1.23 bits per heavy atom. The number of ether oxygens (including phenoxy) is 1. The van der Waals surface area contributed by atoms with E-state index in [0.29, 0.717) is 16.9 Å². The highest BCUT2D eigenvalue weighted by molar-refractivity contribution is 6.33. The van der Waals surface area contributed by atoms with E-state index in [0.717, 1.165) is 11.8 Å². The molecule has 0 radical (unpaired) electrons. The van der Waals surface area contributed by atoms with Gasteiger partial charge in [-0.05, 0) is 42.7 Å². The van der Waals surface area contributed by atoms with E-state index in [1.54, 1.807) is 24.3 Å². The van der Waals surface area contributed by atoms with Gasteiger partial charge in [-0.3, -0.25) is 4.99 Å². The first-order chi connectivity index (χ1) is 12.3. The van der Waals surface area contributed by atoms with Crippen molar-refractivity contribution in [3.63, 3.8) is 0 Å². The van der Waals surface area contributed by atoms with Gasteiger partial charge < -0.3 is 4.74 Å². The molecule has 1 atom stereocenters. The Kier molecular flexibility index (Phi) is 6.64. The highest BCUT2D eigenvalue weighted by Crippen LogP contribution is 2.27. The summed E-state index contributed by atoms with van der Waals surface area (Å²) in [6, 6.07) is 11.3. The molecule has 2 rings (SSSR count). The van der Waals surface area contributed by atoms with Gasteiger partial charge in [-0.1, -0.05) is 29.8 Å². The molecule has 2 aromatic carbocycles. The van der Waals surface area contributed by atoms with E-state index in [-0.39, 0.29) is 17.9 Å². The van der Waals surface area contributed by atoms with Crippen LogP contribution >= 0.6 is 11.6 Å². The minimum absolute atomic E-state index is 0.180. The van der Waals surface area contributed by atoms with Crippen LogP contribution in [0.1, 0.15) is 23.1 Å². The van der Waals surface area contributed by atoms with E-state index in [4.69, 9.17) is 21.6 Å². The summed E-state index contributed by atoms with van der Waals surface area (Å²) in [6.45, 7) is 0. The Balaban J connectivity index is 2.11. The monoisotopic (exact) mass is 380 g/mol. The third-order valence-corrected chi connectivity index (χ3v) is 4.09. The fourth-order valence-electron chi connectivity index (χ4n) is 2.29. The van der Waals surface area contributed by atoms with Crippen LogP contribution in [-0.2, 0) is 6.42 Å². The Hall–Kier alpha value is -2.52. The lowest BCUT2D eigenvalue weighted by Crippen LogP contribution is -2.27. The van der Waals surface area contributed by atoms with Crippen molar-refractivity contribution < 1.29 is 17.9 Å². The molecule has 136 valence electrons. The maximum atomic E-state index is 13.3. The predicted molar refractivity (Wildman–Crippen MR) is 94.9 cm³/mol. The van der Waals surface area contributed by atoms with E-state index in [1.165, 1.54) is 25.3 Å². The number of halogens is 4. The molecule has 0 aromatic heterocycles. The molecule has 0 aliphatic carbocycles. The van der Waals surface area contributed by atoms with Crippen LogP contribution in [0.3, 0.4) is 0 Å². The third kappa shape index (κ3) is 5.50. The van der Waals surface area contributed by atoms with Crippen LogP contribution in [0.2, 0.25) is 5.02 Å². The second kappa shape index (κ2) is 8.72. The quantitative estimate of drug-likeness (QED) is 0.646. The molecule has 0 N–H and O–H groups in total. The average molecular weight is 381 g/mol. The van der Waals surface area contributed by atoms with Crippen LogP contribution in [-0.4, -0.2) is 25.5 Å². The van der Waals surface area contributed by atoms with Crippen LogP contribution in [0.25, 0.3) is 0 Å². The van der Waals surface area contributed by atoms with Crippen molar-refractivity contribution in [2.24, 2.45) is 4.99 Å². The molecule has 0 heterocycles. The molecule has 0 amide bonds. The van der Waals surface area contributed by atoms with Gasteiger partial charge in [0.15, 0.2) is 0 Å². The molecule has 0 bridgehead atoms. The fourth-order valence-corrected chi connectivity index (χ4v) is 2.52. The number of aryl methyl sites for hydroxylation is 1. The molecule has 26 heavy (non-hydrogen) atoms. The first-order valence-corrected chi connectivity index (χ1v) is 8.13. The standard InChI is InChI=1S/C19H16ClF3N2O/c1-26-16-7-3-13(4-8-16)5-9-18(19(21,22)23)25-12-15-6-2-14(11-24)10-17(15)20/h2-4,6-8,10,12,18H,5,9H2,1H3. The van der Waals surface area contributed by atoms with E-state index in [1.807, 2.05) is 6.07 Å². The topological polar surface area (TPSA) is 45.4 Å². The number of nitrogens with zero attached hydrogens (tertiary/aromatic N) is 2. The van der Waals surface area contributed by atoms with E-state index in [2.05, 4.69) is 4.99 Å². The maximum absolute atomic E-state index is 13.3. The Bertz CT molecular complexity index is 811. The number of hydrogen-bond acceptors (Lipinski definition) is 3. The molecule has 0 fully saturated rings. The smallest absolute Gasteiger partial charge is 0.410 e. The lowest BCUT2D eigenvalue weighted by molar-refractivity contribution is -0.147. The molecule has 0 aliphatic heterocycles. The van der Waals surface area contributed by atoms with Gasteiger partial charge in [0.1, 0.15) is 11.8 Å². The number of methoxy groups -OCH3 is 1. The van der Waals surface area contributed by atoms with Crippen molar-refractivity contribution in [1.29, 1.82) is 5.26 Å². The average Bonchev–Trinajstić information content (AvgIpc) is 2.62. The van der Waals surface area contributed by atoms with Crippen LogP contribution in [0.5, 0.6) is 5.75 Å². The zero-order valence-electron chi connectivity index (χ0n) is 13.9. The van der Waals surface area contributed by atoms with Gasteiger partial charge in [-0.15, -0.1) is 0 Å². The lowest BCUT2D eigenvalue weighted by atomic mass is 10.0. The summed E-state index contributed by atoms with van der Waals surface area (Å²) in [4.78, 5) is 3.69. The highest BCUT2D eigenvalue weighted by Gasteiger charge is 2.38. The normalized spacial score (nSPS) is 12.8. The number of aliphatic imine (C=N–C) groups is 1. The van der Waals surface area contributed by atoms with Crippen molar-refractivity contribution in [2.75, 3.05) is 7.11 Å². The Morgan fingerprint density at radius 3 is 2.46 bits per heavy atom. The number of benzene rings is 2. The first kappa shape index (κ1) is 19.8. The second-order valence-electron chi connectivity index (χ2n) is 5.57. The van der Waals surface area contributed by atoms with Crippen molar-refractivity contribution in [2.45, 2.75) is 25.1 Å². The number of hydrogen-bond donors (Lipinski definition) is 0. The molecule has 0 saturated carbocycles. The number of rotatable bonds is 6. The van der Waals surface area contributed by atoms with Gasteiger partial charge in [-0.25, -0.2) is 0 Å². The van der Waals surface area contributed by atoms with Gasteiger partial charge >= 0.3 is 6.18 Å². The summed E-state index contributed by atoms with van der Waals surface area (Å²) in [5.74, 6) is 0.648. The second-order valence-corrected chi connectivity index (χ2v) is 5.98. The van der Waals surface area contributed by atoms with Crippen LogP contribution in [0.15, 0.2) is 47.5 Å². The Morgan fingerprint density at radius 2 is 1.92 bits per heavy atom. The zero-order chi connectivity index (χ0) is 19.2. The van der Waals surface area contributed by atoms with E-state index < -0.39 is 12.2 Å². The Labute approximate surface area is 154 Å². The molecular formula is C19H16ClF3N2O. The maximum Gasteiger partial charge on any atom is 0.410 e. The summed E-state index contributed by atoms with van der Waals surface area (Å²) in [5, 5.41) is 8.97. The van der Waals surface area contributed by atoms with E-state index in [9.17, 15) is 13.2 Å². The van der Waals surface area contributed by atoms with Gasteiger partial charge in [0.2, 0.25) is 0 Å². The van der Waals surface area contributed by atoms with Gasteiger partial charge in [-0.2, -0.15) is 18.4 Å². The van der Waals surface area contributed by atoms with Crippen molar-refractivity contribution in [1.82, 2.24) is 0 Å². The number of nitriles is 1. The van der Waals surface area contributed by atoms with E-state index >= 15 is 0 Å². The molecule has 2 aromatic rings. The SMILES string of the molecule is COc1ccc(CCC(N=Cc2ccc(C#N)cc2Cl)C(F)(F)F)cc1. The molecule has 0 aliphatic rings. The molecule has 7 heteroatoms. The minimum Gasteiger partial charge on any atom is -0.497 e. The van der Waals surface area contributed by atoms with Crippen molar-refractivity contribution in [3.05, 3.63) is 64.2 Å². The third-order valence-electron chi connectivity index (χ3n) is 3.77. The lowest BCUT2D eigenvalue weighted by Gasteiger charge is -2.16. The zero-order valence-corrected chi connectivity index (χ0v) is 14.7. The van der Waals surface area contributed by atoms with Crippen LogP contribution < -0.4 is 4.74 Å². The minimum atomic E-state index is -4.46. The van der Waals surface area contributed by atoms with Gasteiger partial charge in [0, 0.05) is 11.8 Å². The largest absolute Gasteiger partial charge is 0.497 e. The molecular weight excluding hydrogens is 365 g/mol. The molecule has 0 saturated heterocycles. The summed E-state index contributed by atoms with van der Waals surface area (Å²) in [5.41, 5.74) is 1.44. The summed E-state index contributed by atoms with van der Waals surface area (Å²) in [6.07, 6.45) is -3.30. The van der Waals surface area contributed by atoms with Crippen molar-refractivity contribution >= 4 is 17.8 Å². The fraction of sp³-hybridized carbons (Fsp3) is 0.263. The number of alkyl halides is 3.